The molecular weight excluding hydrogens is 184 g/mol. The molecule has 0 aromatic rings. The molecule has 1 fully saturated rings. The summed E-state index contributed by atoms with van der Waals surface area (Å²) in [4.78, 5) is 2.60. The van der Waals surface area contributed by atoms with Crippen molar-refractivity contribution in [1.29, 1.82) is 0 Å². The van der Waals surface area contributed by atoms with Gasteiger partial charge >= 0.3 is 0 Å². The first-order valence-electron chi connectivity index (χ1n) is 6.46. The number of nitrogens with zero attached hydrogens (tertiary/aromatic N) is 1. The smallest absolute Gasteiger partial charge is 0.0150 e. The molecule has 2 heteroatoms. The molecule has 1 saturated carbocycles. The SMILES string of the molecule is CCNCC1CCC1N(C)C(C)(C)CC. The monoisotopic (exact) mass is 212 g/mol. The summed E-state index contributed by atoms with van der Waals surface area (Å²) in [7, 11) is 2.30. The molecule has 2 atom stereocenters. The van der Waals surface area contributed by atoms with E-state index in [0.717, 1.165) is 18.5 Å². The number of hydrogen-bond donors (Lipinski definition) is 1. The molecule has 0 heterocycles. The van der Waals surface area contributed by atoms with Gasteiger partial charge in [-0.3, -0.25) is 4.90 Å². The van der Waals surface area contributed by atoms with Crippen molar-refractivity contribution in [2.75, 3.05) is 20.1 Å². The van der Waals surface area contributed by atoms with Crippen LogP contribution in [-0.2, 0) is 0 Å². The molecule has 1 aliphatic rings. The van der Waals surface area contributed by atoms with Crippen molar-refractivity contribution in [3.8, 4) is 0 Å². The Hall–Kier alpha value is -0.0800. The molecule has 1 aliphatic carbocycles. The van der Waals surface area contributed by atoms with Gasteiger partial charge in [0.25, 0.3) is 0 Å². The standard InChI is InChI=1S/C13H28N2/c1-6-13(3,4)15(5)12-9-8-11(12)10-14-7-2/h11-12,14H,6-10H2,1-5H3. The molecule has 0 aromatic heterocycles. The minimum absolute atomic E-state index is 0.357. The van der Waals surface area contributed by atoms with Gasteiger partial charge in [0, 0.05) is 11.6 Å². The fraction of sp³-hybridized carbons (Fsp3) is 1.00. The van der Waals surface area contributed by atoms with Crippen LogP contribution in [0.25, 0.3) is 0 Å². The highest BCUT2D eigenvalue weighted by atomic mass is 15.2. The van der Waals surface area contributed by atoms with Gasteiger partial charge in [0.15, 0.2) is 0 Å². The summed E-state index contributed by atoms with van der Waals surface area (Å²) in [5.74, 6) is 0.876. The lowest BCUT2D eigenvalue weighted by molar-refractivity contribution is 0.00924. The van der Waals surface area contributed by atoms with Crippen LogP contribution in [0.3, 0.4) is 0 Å². The minimum atomic E-state index is 0.357. The Bertz CT molecular complexity index is 189. The van der Waals surface area contributed by atoms with Crippen LogP contribution in [0, 0.1) is 5.92 Å². The van der Waals surface area contributed by atoms with E-state index in [1.165, 1.54) is 25.8 Å². The van der Waals surface area contributed by atoms with Gasteiger partial charge in [0.2, 0.25) is 0 Å². The predicted molar refractivity (Wildman–Crippen MR) is 67.2 cm³/mol. The largest absolute Gasteiger partial charge is 0.317 e. The minimum Gasteiger partial charge on any atom is -0.317 e. The molecule has 0 amide bonds. The second-order valence-corrected chi connectivity index (χ2v) is 5.49. The van der Waals surface area contributed by atoms with Crippen LogP contribution >= 0.6 is 0 Å². The van der Waals surface area contributed by atoms with Gasteiger partial charge in [-0.2, -0.15) is 0 Å². The lowest BCUT2D eigenvalue weighted by atomic mass is 9.76. The van der Waals surface area contributed by atoms with E-state index in [1.807, 2.05) is 0 Å². The molecule has 0 aliphatic heterocycles. The Balaban J connectivity index is 2.43. The van der Waals surface area contributed by atoms with Gasteiger partial charge in [-0.05, 0) is 59.2 Å². The van der Waals surface area contributed by atoms with E-state index in [4.69, 9.17) is 0 Å². The van der Waals surface area contributed by atoms with Gasteiger partial charge in [-0.1, -0.05) is 13.8 Å². The van der Waals surface area contributed by atoms with Gasteiger partial charge in [0.1, 0.15) is 0 Å². The Morgan fingerprint density at radius 3 is 2.33 bits per heavy atom. The zero-order valence-electron chi connectivity index (χ0n) is 11.1. The summed E-state index contributed by atoms with van der Waals surface area (Å²) in [5, 5.41) is 3.48. The van der Waals surface area contributed by atoms with E-state index >= 15 is 0 Å². The molecule has 0 saturated heterocycles. The second-order valence-electron chi connectivity index (χ2n) is 5.49. The molecule has 0 aromatic carbocycles. The first-order chi connectivity index (χ1) is 7.03. The van der Waals surface area contributed by atoms with Crippen molar-refractivity contribution in [2.24, 2.45) is 5.92 Å². The Kier molecular flexibility index (Phi) is 4.60. The quantitative estimate of drug-likeness (QED) is 0.728. The molecule has 2 nitrogen and oxygen atoms in total. The van der Waals surface area contributed by atoms with Crippen LogP contribution in [0.15, 0.2) is 0 Å². The average molecular weight is 212 g/mol. The normalized spacial score (nSPS) is 26.8. The summed E-state index contributed by atoms with van der Waals surface area (Å²) < 4.78 is 0. The van der Waals surface area contributed by atoms with Crippen molar-refractivity contribution in [3.05, 3.63) is 0 Å². The molecule has 0 spiro atoms. The third kappa shape index (κ3) is 2.94. The molecule has 0 radical (unpaired) electrons. The van der Waals surface area contributed by atoms with Crippen LogP contribution < -0.4 is 5.32 Å². The average Bonchev–Trinajstić information content (AvgIpc) is 2.16. The highest BCUT2D eigenvalue weighted by Crippen LogP contribution is 2.35. The number of hydrogen-bond acceptors (Lipinski definition) is 2. The van der Waals surface area contributed by atoms with Gasteiger partial charge in [-0.15, -0.1) is 0 Å². The summed E-state index contributed by atoms with van der Waals surface area (Å²) in [6.45, 7) is 11.5. The van der Waals surface area contributed by atoms with E-state index < -0.39 is 0 Å². The zero-order chi connectivity index (χ0) is 11.5. The zero-order valence-corrected chi connectivity index (χ0v) is 11.1. The molecule has 90 valence electrons. The summed E-state index contributed by atoms with van der Waals surface area (Å²) in [5.41, 5.74) is 0.357. The van der Waals surface area contributed by atoms with Crippen molar-refractivity contribution in [3.63, 3.8) is 0 Å². The van der Waals surface area contributed by atoms with Crippen LogP contribution in [-0.4, -0.2) is 36.6 Å². The fourth-order valence-electron chi connectivity index (χ4n) is 2.33. The van der Waals surface area contributed by atoms with Crippen LogP contribution in [0.5, 0.6) is 0 Å². The maximum absolute atomic E-state index is 3.48. The highest BCUT2D eigenvalue weighted by Gasteiger charge is 2.38. The van der Waals surface area contributed by atoms with Crippen molar-refractivity contribution >= 4 is 0 Å². The van der Waals surface area contributed by atoms with Gasteiger partial charge in [0.05, 0.1) is 0 Å². The van der Waals surface area contributed by atoms with Crippen LogP contribution in [0.1, 0.15) is 47.0 Å². The molecule has 15 heavy (non-hydrogen) atoms. The van der Waals surface area contributed by atoms with Crippen molar-refractivity contribution < 1.29 is 0 Å². The van der Waals surface area contributed by atoms with E-state index in [1.54, 1.807) is 0 Å². The molecule has 0 bridgehead atoms. The number of rotatable bonds is 6. The first kappa shape index (κ1) is 13.0. The molecule has 1 N–H and O–H groups in total. The maximum Gasteiger partial charge on any atom is 0.0150 e. The second kappa shape index (κ2) is 5.31. The van der Waals surface area contributed by atoms with Crippen molar-refractivity contribution in [1.82, 2.24) is 10.2 Å². The molecular formula is C13H28N2. The Morgan fingerprint density at radius 1 is 1.27 bits per heavy atom. The van der Waals surface area contributed by atoms with E-state index in [-0.39, 0.29) is 0 Å². The third-order valence-corrected chi connectivity index (χ3v) is 4.35. The first-order valence-corrected chi connectivity index (χ1v) is 6.46. The topological polar surface area (TPSA) is 15.3 Å². The van der Waals surface area contributed by atoms with Gasteiger partial charge < -0.3 is 5.32 Å². The molecule has 1 rings (SSSR count). The summed E-state index contributed by atoms with van der Waals surface area (Å²) in [6, 6.07) is 0.805. The summed E-state index contributed by atoms with van der Waals surface area (Å²) in [6.07, 6.45) is 4.02. The van der Waals surface area contributed by atoms with Crippen LogP contribution in [0.2, 0.25) is 0 Å². The van der Waals surface area contributed by atoms with E-state index in [9.17, 15) is 0 Å². The summed E-state index contributed by atoms with van der Waals surface area (Å²) >= 11 is 0. The van der Waals surface area contributed by atoms with E-state index in [2.05, 4.69) is 45.0 Å². The van der Waals surface area contributed by atoms with E-state index in [0.29, 0.717) is 5.54 Å². The molecule has 2 unspecified atom stereocenters. The third-order valence-electron chi connectivity index (χ3n) is 4.35. The predicted octanol–water partition coefficient (Wildman–Crippen LogP) is 2.49. The number of nitrogens with one attached hydrogen (secondary N) is 1. The Morgan fingerprint density at radius 2 is 1.93 bits per heavy atom. The lowest BCUT2D eigenvalue weighted by Crippen LogP contribution is -2.56. The Labute approximate surface area is 95.4 Å². The lowest BCUT2D eigenvalue weighted by Gasteiger charge is -2.49. The maximum atomic E-state index is 3.48. The van der Waals surface area contributed by atoms with Gasteiger partial charge in [-0.25, -0.2) is 0 Å². The van der Waals surface area contributed by atoms with Crippen LogP contribution in [0.4, 0.5) is 0 Å². The fourth-order valence-corrected chi connectivity index (χ4v) is 2.33. The van der Waals surface area contributed by atoms with Crippen molar-refractivity contribution in [2.45, 2.75) is 58.5 Å². The highest BCUT2D eigenvalue weighted by molar-refractivity contribution is 4.94.